The smallest absolute Gasteiger partial charge is 0.245 e. The topological polar surface area (TPSA) is 69.7 Å². The van der Waals surface area contributed by atoms with Crippen LogP contribution in [0.25, 0.3) is 0 Å². The molecule has 1 N–H and O–H groups in total. The number of nitrogens with one attached hydrogen (secondary N) is 1. The molecule has 2 saturated heterocycles. The van der Waals surface area contributed by atoms with E-state index in [1.807, 2.05) is 30.6 Å². The van der Waals surface area contributed by atoms with Crippen LogP contribution < -0.4 is 5.32 Å². The number of hydrogen-bond donors (Lipinski definition) is 1. The molecule has 1 atom stereocenters. The number of piperidine rings is 2. The second kappa shape index (κ2) is 9.93. The van der Waals surface area contributed by atoms with Crippen molar-refractivity contribution in [2.24, 2.45) is 11.8 Å². The molecule has 0 aromatic carbocycles. The molecule has 2 rings (SSSR count). The van der Waals surface area contributed by atoms with Gasteiger partial charge >= 0.3 is 0 Å². The lowest BCUT2D eigenvalue weighted by atomic mass is 9.87. The van der Waals surface area contributed by atoms with E-state index in [0.717, 1.165) is 38.8 Å². The summed E-state index contributed by atoms with van der Waals surface area (Å²) in [7, 11) is 0. The van der Waals surface area contributed by atoms with Crippen LogP contribution in [0.4, 0.5) is 0 Å². The molecule has 1 unspecified atom stereocenters. The maximum Gasteiger partial charge on any atom is 0.245 e. The quantitative estimate of drug-likeness (QED) is 0.784. The van der Waals surface area contributed by atoms with Gasteiger partial charge in [0, 0.05) is 39.0 Å². The molecule has 0 aromatic rings. The lowest BCUT2D eigenvalue weighted by molar-refractivity contribution is -0.140. The molecule has 0 radical (unpaired) electrons. The summed E-state index contributed by atoms with van der Waals surface area (Å²) in [6.45, 7) is 8.85. The highest BCUT2D eigenvalue weighted by Crippen LogP contribution is 2.24. The Morgan fingerprint density at radius 3 is 2.12 bits per heavy atom. The third-order valence-electron chi connectivity index (χ3n) is 5.51. The fourth-order valence-electron chi connectivity index (χ4n) is 4.00. The zero-order valence-corrected chi connectivity index (χ0v) is 16.6. The third kappa shape index (κ3) is 5.71. The van der Waals surface area contributed by atoms with Gasteiger partial charge in [-0.2, -0.15) is 0 Å². The molecule has 148 valence electrons. The Kier molecular flexibility index (Phi) is 7.91. The van der Waals surface area contributed by atoms with E-state index in [4.69, 9.17) is 0 Å². The largest absolute Gasteiger partial charge is 0.344 e. The van der Waals surface area contributed by atoms with Crippen LogP contribution in [0.1, 0.15) is 65.7 Å². The van der Waals surface area contributed by atoms with Gasteiger partial charge in [0.1, 0.15) is 6.04 Å². The van der Waals surface area contributed by atoms with Crippen molar-refractivity contribution in [2.75, 3.05) is 26.2 Å². The van der Waals surface area contributed by atoms with Gasteiger partial charge in [0.05, 0.1) is 0 Å². The molecule has 3 amide bonds. The van der Waals surface area contributed by atoms with Crippen molar-refractivity contribution >= 4 is 17.7 Å². The first-order valence-electron chi connectivity index (χ1n) is 10.3. The number of nitrogens with zero attached hydrogens (tertiary/aromatic N) is 2. The van der Waals surface area contributed by atoms with Gasteiger partial charge in [-0.15, -0.1) is 0 Å². The molecule has 0 aromatic heterocycles. The SMILES string of the molecule is CCC(=O)N1CCC(C(NC(=O)CC(C)C)C(=O)N2CCCCC2)CC1. The van der Waals surface area contributed by atoms with Crippen LogP contribution in [0.5, 0.6) is 0 Å². The van der Waals surface area contributed by atoms with Crippen molar-refractivity contribution in [3.8, 4) is 0 Å². The van der Waals surface area contributed by atoms with Crippen LogP contribution in [0.3, 0.4) is 0 Å². The standard InChI is InChI=1S/C20H35N3O3/c1-4-18(25)22-12-8-16(9-13-22)19(21-17(24)14-15(2)3)20(26)23-10-6-5-7-11-23/h15-16,19H,4-14H2,1-3H3,(H,21,24). The summed E-state index contributed by atoms with van der Waals surface area (Å²) in [5.41, 5.74) is 0. The summed E-state index contributed by atoms with van der Waals surface area (Å²) < 4.78 is 0. The summed E-state index contributed by atoms with van der Waals surface area (Å²) in [4.78, 5) is 41.2. The average molecular weight is 366 g/mol. The van der Waals surface area contributed by atoms with Crippen molar-refractivity contribution < 1.29 is 14.4 Å². The highest BCUT2D eigenvalue weighted by Gasteiger charge is 2.36. The van der Waals surface area contributed by atoms with Crippen LogP contribution >= 0.6 is 0 Å². The molecule has 0 aliphatic carbocycles. The number of rotatable bonds is 6. The summed E-state index contributed by atoms with van der Waals surface area (Å²) in [6.07, 6.45) is 5.77. The van der Waals surface area contributed by atoms with E-state index in [0.29, 0.717) is 25.9 Å². The van der Waals surface area contributed by atoms with E-state index < -0.39 is 6.04 Å². The van der Waals surface area contributed by atoms with Gasteiger partial charge < -0.3 is 15.1 Å². The van der Waals surface area contributed by atoms with Crippen LogP contribution in [0.2, 0.25) is 0 Å². The van der Waals surface area contributed by atoms with Crippen molar-refractivity contribution in [2.45, 2.75) is 71.8 Å². The number of carbonyl (C=O) groups excluding carboxylic acids is 3. The fourth-order valence-corrected chi connectivity index (χ4v) is 4.00. The number of hydrogen-bond acceptors (Lipinski definition) is 3. The Hall–Kier alpha value is -1.59. The second-order valence-electron chi connectivity index (χ2n) is 8.10. The van der Waals surface area contributed by atoms with Gasteiger partial charge in [0.25, 0.3) is 0 Å². The molecular weight excluding hydrogens is 330 g/mol. The van der Waals surface area contributed by atoms with E-state index >= 15 is 0 Å². The molecule has 2 aliphatic rings. The first-order chi connectivity index (χ1) is 12.4. The molecular formula is C20H35N3O3. The number of likely N-dealkylation sites (tertiary alicyclic amines) is 2. The van der Waals surface area contributed by atoms with Crippen molar-refractivity contribution in [1.82, 2.24) is 15.1 Å². The minimum absolute atomic E-state index is 0.0394. The summed E-state index contributed by atoms with van der Waals surface area (Å²) >= 11 is 0. The van der Waals surface area contributed by atoms with Gasteiger partial charge in [-0.05, 0) is 43.9 Å². The first kappa shape index (κ1) is 20.7. The third-order valence-corrected chi connectivity index (χ3v) is 5.51. The lowest BCUT2D eigenvalue weighted by Gasteiger charge is -2.38. The first-order valence-corrected chi connectivity index (χ1v) is 10.3. The van der Waals surface area contributed by atoms with Gasteiger partial charge in [-0.1, -0.05) is 20.8 Å². The van der Waals surface area contributed by atoms with Crippen LogP contribution in [0, 0.1) is 11.8 Å². The Morgan fingerprint density at radius 2 is 1.58 bits per heavy atom. The molecule has 6 heteroatoms. The Balaban J connectivity index is 2.03. The van der Waals surface area contributed by atoms with Gasteiger partial charge in [-0.3, -0.25) is 14.4 Å². The predicted molar refractivity (Wildman–Crippen MR) is 101 cm³/mol. The lowest BCUT2D eigenvalue weighted by Crippen LogP contribution is -2.55. The molecule has 2 aliphatic heterocycles. The van der Waals surface area contributed by atoms with E-state index in [1.165, 1.54) is 6.42 Å². The van der Waals surface area contributed by atoms with Gasteiger partial charge in [0.2, 0.25) is 17.7 Å². The highest BCUT2D eigenvalue weighted by atomic mass is 16.2. The number of amides is 3. The maximum atomic E-state index is 13.1. The van der Waals surface area contributed by atoms with Crippen molar-refractivity contribution in [3.05, 3.63) is 0 Å². The monoisotopic (exact) mass is 365 g/mol. The molecule has 0 bridgehead atoms. The molecule has 0 spiro atoms. The highest BCUT2D eigenvalue weighted by molar-refractivity contribution is 5.88. The second-order valence-corrected chi connectivity index (χ2v) is 8.10. The molecule has 2 heterocycles. The molecule has 26 heavy (non-hydrogen) atoms. The van der Waals surface area contributed by atoms with Crippen LogP contribution in [-0.4, -0.2) is 59.7 Å². The van der Waals surface area contributed by atoms with Gasteiger partial charge in [-0.25, -0.2) is 0 Å². The maximum absolute atomic E-state index is 13.1. The van der Waals surface area contributed by atoms with E-state index in [-0.39, 0.29) is 29.6 Å². The van der Waals surface area contributed by atoms with Crippen LogP contribution in [0.15, 0.2) is 0 Å². The van der Waals surface area contributed by atoms with E-state index in [2.05, 4.69) is 5.32 Å². The Bertz CT molecular complexity index is 493. The average Bonchev–Trinajstić information content (AvgIpc) is 2.65. The molecule has 2 fully saturated rings. The minimum atomic E-state index is -0.446. The van der Waals surface area contributed by atoms with Crippen molar-refractivity contribution in [1.29, 1.82) is 0 Å². The Morgan fingerprint density at radius 1 is 0.962 bits per heavy atom. The summed E-state index contributed by atoms with van der Waals surface area (Å²) in [6, 6.07) is -0.446. The van der Waals surface area contributed by atoms with E-state index in [9.17, 15) is 14.4 Å². The summed E-state index contributed by atoms with van der Waals surface area (Å²) in [5, 5.41) is 3.04. The van der Waals surface area contributed by atoms with Gasteiger partial charge in [0.15, 0.2) is 0 Å². The summed E-state index contributed by atoms with van der Waals surface area (Å²) in [5.74, 6) is 0.585. The van der Waals surface area contributed by atoms with E-state index in [1.54, 1.807) is 0 Å². The minimum Gasteiger partial charge on any atom is -0.344 e. The predicted octanol–water partition coefficient (Wildman–Crippen LogP) is 2.18. The fraction of sp³-hybridized carbons (Fsp3) is 0.850. The molecule has 6 nitrogen and oxygen atoms in total. The molecule has 0 saturated carbocycles. The zero-order valence-electron chi connectivity index (χ0n) is 16.6. The van der Waals surface area contributed by atoms with Crippen molar-refractivity contribution in [3.63, 3.8) is 0 Å². The normalized spacial score (nSPS) is 20.2. The Labute approximate surface area is 157 Å². The number of carbonyl (C=O) groups is 3. The van der Waals surface area contributed by atoms with Crippen LogP contribution in [-0.2, 0) is 14.4 Å². The zero-order chi connectivity index (χ0) is 19.1.